The lowest BCUT2D eigenvalue weighted by Crippen LogP contribution is -2.28. The van der Waals surface area contributed by atoms with Crippen molar-refractivity contribution in [1.82, 2.24) is 15.1 Å². The smallest absolute Gasteiger partial charge is 0.270 e. The van der Waals surface area contributed by atoms with Crippen LogP contribution in [0.1, 0.15) is 41.6 Å². The highest BCUT2D eigenvalue weighted by atomic mass is 16.2. The lowest BCUT2D eigenvalue weighted by Gasteiger charge is -2.15. The van der Waals surface area contributed by atoms with Gasteiger partial charge in [-0.2, -0.15) is 5.10 Å². The highest BCUT2D eigenvalue weighted by molar-refractivity contribution is 5.92. The van der Waals surface area contributed by atoms with E-state index in [9.17, 15) is 4.79 Å². The third kappa shape index (κ3) is 2.99. The first kappa shape index (κ1) is 14.1. The molecule has 106 valence electrons. The number of carbonyl (C=O) groups is 1. The number of rotatable bonds is 4. The quantitative estimate of drug-likeness (QED) is 0.839. The molecule has 1 aromatic carbocycles. The van der Waals surface area contributed by atoms with Gasteiger partial charge in [-0.25, -0.2) is 0 Å². The molecule has 0 saturated heterocycles. The van der Waals surface area contributed by atoms with Gasteiger partial charge in [0.1, 0.15) is 5.69 Å². The molecule has 0 saturated carbocycles. The molecule has 0 bridgehead atoms. The van der Waals surface area contributed by atoms with E-state index in [1.54, 1.807) is 10.7 Å². The summed E-state index contributed by atoms with van der Waals surface area (Å²) in [5.74, 6) is -0.114. The predicted molar refractivity (Wildman–Crippen MR) is 79.4 cm³/mol. The van der Waals surface area contributed by atoms with Crippen molar-refractivity contribution < 1.29 is 4.79 Å². The fourth-order valence-corrected chi connectivity index (χ4v) is 2.11. The lowest BCUT2D eigenvalue weighted by atomic mass is 10.1. The Morgan fingerprint density at radius 2 is 2.05 bits per heavy atom. The molecular weight excluding hydrogens is 252 g/mol. The molecule has 0 aliphatic heterocycles. The Balaban J connectivity index is 2.12. The molecule has 20 heavy (non-hydrogen) atoms. The third-order valence-electron chi connectivity index (χ3n) is 3.22. The molecule has 0 fully saturated rings. The van der Waals surface area contributed by atoms with Crippen molar-refractivity contribution in [2.75, 3.05) is 5.73 Å². The predicted octanol–water partition coefficient (Wildman–Crippen LogP) is 2.28. The van der Waals surface area contributed by atoms with Crippen molar-refractivity contribution in [2.45, 2.75) is 33.4 Å². The fraction of sp³-hybridized carbons (Fsp3) is 0.333. The van der Waals surface area contributed by atoms with Crippen LogP contribution in [0.3, 0.4) is 0 Å². The second-order valence-corrected chi connectivity index (χ2v) is 4.85. The zero-order chi connectivity index (χ0) is 14.7. The molecule has 0 radical (unpaired) electrons. The maximum Gasteiger partial charge on any atom is 0.270 e. The van der Waals surface area contributed by atoms with Gasteiger partial charge in [0, 0.05) is 12.2 Å². The Labute approximate surface area is 118 Å². The van der Waals surface area contributed by atoms with Gasteiger partial charge in [-0.1, -0.05) is 12.1 Å². The van der Waals surface area contributed by atoms with Crippen LogP contribution in [0.15, 0.2) is 30.3 Å². The van der Waals surface area contributed by atoms with Gasteiger partial charge < -0.3 is 11.1 Å². The number of aryl methyl sites for hydroxylation is 2. The average molecular weight is 272 g/mol. The second kappa shape index (κ2) is 5.77. The number of nitrogens with two attached hydrogens (primary N) is 1. The Bertz CT molecular complexity index is 601. The summed E-state index contributed by atoms with van der Waals surface area (Å²) in [6, 6.07) is 9.22. The molecule has 1 amide bonds. The summed E-state index contributed by atoms with van der Waals surface area (Å²) in [5.41, 5.74) is 8.83. The molecule has 2 rings (SSSR count). The van der Waals surface area contributed by atoms with E-state index in [4.69, 9.17) is 5.73 Å². The largest absolute Gasteiger partial charge is 0.399 e. The second-order valence-electron chi connectivity index (χ2n) is 4.85. The number of amides is 1. The zero-order valence-corrected chi connectivity index (χ0v) is 12.1. The standard InChI is InChI=1S/C15H20N4O/c1-4-19-14(9-10(2)18-19)15(20)17-11(3)12-5-7-13(16)8-6-12/h5-9,11H,4,16H2,1-3H3,(H,17,20). The van der Waals surface area contributed by atoms with E-state index >= 15 is 0 Å². The molecule has 1 atom stereocenters. The summed E-state index contributed by atoms with van der Waals surface area (Å²) in [7, 11) is 0. The fourth-order valence-electron chi connectivity index (χ4n) is 2.11. The number of nitrogen functional groups attached to an aromatic ring is 1. The van der Waals surface area contributed by atoms with Gasteiger partial charge in [0.2, 0.25) is 0 Å². The summed E-state index contributed by atoms with van der Waals surface area (Å²) < 4.78 is 1.71. The molecule has 1 aromatic heterocycles. The molecule has 5 heteroatoms. The third-order valence-corrected chi connectivity index (χ3v) is 3.22. The van der Waals surface area contributed by atoms with Crippen LogP contribution in [-0.2, 0) is 6.54 Å². The van der Waals surface area contributed by atoms with Crippen LogP contribution >= 0.6 is 0 Å². The number of hydrogen-bond donors (Lipinski definition) is 2. The van der Waals surface area contributed by atoms with Gasteiger partial charge >= 0.3 is 0 Å². The number of benzene rings is 1. The normalized spacial score (nSPS) is 12.2. The molecule has 1 unspecified atom stereocenters. The number of aromatic nitrogens is 2. The minimum atomic E-state index is -0.114. The average Bonchev–Trinajstić information content (AvgIpc) is 2.80. The number of anilines is 1. The van der Waals surface area contributed by atoms with E-state index in [-0.39, 0.29) is 11.9 Å². The monoisotopic (exact) mass is 272 g/mol. The molecule has 0 spiro atoms. The summed E-state index contributed by atoms with van der Waals surface area (Å²) >= 11 is 0. The molecule has 0 aliphatic rings. The van der Waals surface area contributed by atoms with E-state index in [1.807, 2.05) is 45.0 Å². The molecule has 2 aromatic rings. The van der Waals surface area contributed by atoms with Gasteiger partial charge in [-0.15, -0.1) is 0 Å². The highest BCUT2D eigenvalue weighted by Crippen LogP contribution is 2.15. The van der Waals surface area contributed by atoms with Crippen molar-refractivity contribution in [3.63, 3.8) is 0 Å². The molecule has 5 nitrogen and oxygen atoms in total. The molecular formula is C15H20N4O. The van der Waals surface area contributed by atoms with Crippen molar-refractivity contribution in [3.05, 3.63) is 47.3 Å². The van der Waals surface area contributed by atoms with Crippen LogP contribution in [-0.4, -0.2) is 15.7 Å². The van der Waals surface area contributed by atoms with Crippen LogP contribution in [0.4, 0.5) is 5.69 Å². The maximum absolute atomic E-state index is 12.3. The summed E-state index contributed by atoms with van der Waals surface area (Å²) in [6.07, 6.45) is 0. The Hall–Kier alpha value is -2.30. The maximum atomic E-state index is 12.3. The minimum Gasteiger partial charge on any atom is -0.399 e. The van der Waals surface area contributed by atoms with Crippen LogP contribution in [0.2, 0.25) is 0 Å². The first-order valence-electron chi connectivity index (χ1n) is 6.72. The Morgan fingerprint density at radius 3 is 2.65 bits per heavy atom. The van der Waals surface area contributed by atoms with Gasteiger partial charge in [-0.3, -0.25) is 9.48 Å². The molecule has 1 heterocycles. The van der Waals surface area contributed by atoms with Crippen molar-refractivity contribution in [3.8, 4) is 0 Å². The van der Waals surface area contributed by atoms with Gasteiger partial charge in [-0.05, 0) is 44.5 Å². The van der Waals surface area contributed by atoms with Crippen LogP contribution < -0.4 is 11.1 Å². The zero-order valence-electron chi connectivity index (χ0n) is 12.1. The van der Waals surface area contributed by atoms with Crippen molar-refractivity contribution in [2.24, 2.45) is 0 Å². The van der Waals surface area contributed by atoms with Crippen LogP contribution in [0, 0.1) is 6.92 Å². The van der Waals surface area contributed by atoms with E-state index < -0.39 is 0 Å². The lowest BCUT2D eigenvalue weighted by molar-refractivity contribution is 0.0929. The van der Waals surface area contributed by atoms with Crippen LogP contribution in [0.25, 0.3) is 0 Å². The summed E-state index contributed by atoms with van der Waals surface area (Å²) in [6.45, 7) is 6.47. The van der Waals surface area contributed by atoms with Crippen molar-refractivity contribution >= 4 is 11.6 Å². The van der Waals surface area contributed by atoms with E-state index in [0.717, 1.165) is 11.3 Å². The molecule has 0 aliphatic carbocycles. The van der Waals surface area contributed by atoms with Gasteiger partial charge in [0.05, 0.1) is 11.7 Å². The summed E-state index contributed by atoms with van der Waals surface area (Å²) in [4.78, 5) is 12.3. The Morgan fingerprint density at radius 1 is 1.40 bits per heavy atom. The van der Waals surface area contributed by atoms with E-state index in [0.29, 0.717) is 17.9 Å². The SMILES string of the molecule is CCn1nc(C)cc1C(=O)NC(C)c1ccc(N)cc1. The number of hydrogen-bond acceptors (Lipinski definition) is 3. The van der Waals surface area contributed by atoms with Crippen molar-refractivity contribution in [1.29, 1.82) is 0 Å². The number of nitrogens with zero attached hydrogens (tertiary/aromatic N) is 2. The number of carbonyl (C=O) groups excluding carboxylic acids is 1. The van der Waals surface area contributed by atoms with E-state index in [2.05, 4.69) is 10.4 Å². The van der Waals surface area contributed by atoms with Gasteiger partial charge in [0.15, 0.2) is 0 Å². The van der Waals surface area contributed by atoms with Gasteiger partial charge in [0.25, 0.3) is 5.91 Å². The summed E-state index contributed by atoms with van der Waals surface area (Å²) in [5, 5.41) is 7.26. The first-order valence-corrected chi connectivity index (χ1v) is 6.72. The minimum absolute atomic E-state index is 0.0800. The Kier molecular flexibility index (Phi) is 4.08. The highest BCUT2D eigenvalue weighted by Gasteiger charge is 2.16. The number of nitrogens with one attached hydrogen (secondary N) is 1. The van der Waals surface area contributed by atoms with Crippen LogP contribution in [0.5, 0.6) is 0 Å². The topological polar surface area (TPSA) is 72.9 Å². The first-order chi connectivity index (χ1) is 9.51. The van der Waals surface area contributed by atoms with E-state index in [1.165, 1.54) is 0 Å². The molecule has 3 N–H and O–H groups in total.